The molecule has 14 heavy (non-hydrogen) atoms. The summed E-state index contributed by atoms with van der Waals surface area (Å²) >= 11 is 0. The molecular formula is C4F9Na. The maximum Gasteiger partial charge on any atom is 1.00 e. The maximum absolute atomic E-state index is 11.6. The molecule has 0 radical (unpaired) electrons. The molecule has 0 heterocycles. The van der Waals surface area contributed by atoms with E-state index in [4.69, 9.17) is 0 Å². The monoisotopic (exact) mass is 242 g/mol. The third-order valence-corrected chi connectivity index (χ3v) is 0.988. The number of alkyl halides is 7. The van der Waals surface area contributed by atoms with E-state index in [9.17, 15) is 39.5 Å². The quantitative estimate of drug-likeness (QED) is 0.370. The van der Waals surface area contributed by atoms with Crippen molar-refractivity contribution in [2.45, 2.75) is 18.0 Å². The van der Waals surface area contributed by atoms with Crippen LogP contribution in [0, 0.1) is 6.43 Å². The Balaban J connectivity index is 0. The summed E-state index contributed by atoms with van der Waals surface area (Å²) < 4.78 is 102. The molecule has 0 saturated heterocycles. The first-order valence-corrected chi connectivity index (χ1v) is 2.45. The summed E-state index contributed by atoms with van der Waals surface area (Å²) in [6, 6.07) is 0. The summed E-state index contributed by atoms with van der Waals surface area (Å²) in [6.07, 6.45) is -11.0. The summed E-state index contributed by atoms with van der Waals surface area (Å²) in [5.74, 6) is -13.3. The van der Waals surface area contributed by atoms with Crippen molar-refractivity contribution >= 4 is 0 Å². The Morgan fingerprint density at radius 2 is 1.00 bits per heavy atom. The second kappa shape index (κ2) is 4.48. The van der Waals surface area contributed by atoms with Crippen LogP contribution in [0.25, 0.3) is 0 Å². The number of hydrogen-bond donors (Lipinski definition) is 0. The molecule has 0 rings (SSSR count). The van der Waals surface area contributed by atoms with Crippen LogP contribution in [0.3, 0.4) is 0 Å². The standard InChI is InChI=1S/C4F9.Na/c5-1(6)2(7,8)3(9,10)4(11,12)13;/q-1;+1. The molecule has 0 aromatic rings. The van der Waals surface area contributed by atoms with Gasteiger partial charge in [-0.25, -0.2) is 8.78 Å². The Bertz CT molecular complexity index is 182. The van der Waals surface area contributed by atoms with Crippen molar-refractivity contribution in [3.8, 4) is 0 Å². The van der Waals surface area contributed by atoms with Gasteiger partial charge in [-0.2, -0.15) is 22.0 Å². The van der Waals surface area contributed by atoms with E-state index in [1.807, 2.05) is 0 Å². The minimum atomic E-state index is -6.77. The van der Waals surface area contributed by atoms with Gasteiger partial charge in [-0.15, -0.1) is 0 Å². The molecule has 0 bridgehead atoms. The van der Waals surface area contributed by atoms with Crippen LogP contribution in [-0.2, 0) is 0 Å². The van der Waals surface area contributed by atoms with E-state index in [0.29, 0.717) is 0 Å². The predicted molar refractivity (Wildman–Crippen MR) is 21.4 cm³/mol. The number of rotatable bonds is 2. The zero-order chi connectivity index (χ0) is 11.1. The molecule has 0 fully saturated rings. The second-order valence-electron chi connectivity index (χ2n) is 1.91. The first kappa shape index (κ1) is 16.8. The van der Waals surface area contributed by atoms with Gasteiger partial charge >= 0.3 is 41.7 Å². The molecule has 80 valence electrons. The minimum Gasteiger partial charge on any atom is -0.415 e. The van der Waals surface area contributed by atoms with Gasteiger partial charge in [0.1, 0.15) is 0 Å². The molecule has 10 heteroatoms. The van der Waals surface area contributed by atoms with Gasteiger partial charge in [-0.1, -0.05) is 0 Å². The largest absolute Gasteiger partial charge is 1.00 e. The molecule has 0 spiro atoms. The van der Waals surface area contributed by atoms with Crippen LogP contribution in [0.2, 0.25) is 0 Å². The SMILES string of the molecule is F[C-](F)C(F)(F)C(F)(F)C(F)(F)F.[Na+]. The Kier molecular flexibility index (Phi) is 5.37. The van der Waals surface area contributed by atoms with Gasteiger partial charge in [0, 0.05) is 0 Å². The molecule has 0 aromatic carbocycles. The minimum absolute atomic E-state index is 0. The fourth-order valence-corrected chi connectivity index (χ4v) is 0.297. The van der Waals surface area contributed by atoms with E-state index in [0.717, 1.165) is 0 Å². The molecule has 0 aliphatic carbocycles. The molecule has 0 atom stereocenters. The van der Waals surface area contributed by atoms with Crippen molar-refractivity contribution in [1.82, 2.24) is 0 Å². The van der Waals surface area contributed by atoms with Gasteiger partial charge in [0.25, 0.3) is 5.92 Å². The molecular weight excluding hydrogens is 242 g/mol. The van der Waals surface area contributed by atoms with Gasteiger partial charge in [0.2, 0.25) is 0 Å². The molecule has 0 aliphatic heterocycles. The van der Waals surface area contributed by atoms with Crippen molar-refractivity contribution in [2.24, 2.45) is 0 Å². The third kappa shape index (κ3) is 2.69. The molecule has 0 aromatic heterocycles. The van der Waals surface area contributed by atoms with E-state index in [1.54, 1.807) is 0 Å². The Labute approximate surface area is 93.7 Å². The normalized spacial score (nSPS) is 14.1. The Morgan fingerprint density at radius 3 is 1.07 bits per heavy atom. The van der Waals surface area contributed by atoms with Gasteiger partial charge in [-0.05, 0) is 0 Å². The maximum atomic E-state index is 11.6. The average molecular weight is 242 g/mol. The van der Waals surface area contributed by atoms with Crippen LogP contribution < -0.4 is 29.6 Å². The Morgan fingerprint density at radius 1 is 0.714 bits per heavy atom. The summed E-state index contributed by atoms with van der Waals surface area (Å²) in [5.41, 5.74) is 0. The predicted octanol–water partition coefficient (Wildman–Crippen LogP) is 0.252. The smallest absolute Gasteiger partial charge is 0.415 e. The van der Waals surface area contributed by atoms with Gasteiger partial charge < -0.3 is 8.78 Å². The van der Waals surface area contributed by atoms with E-state index in [-0.39, 0.29) is 29.6 Å². The fourth-order valence-electron chi connectivity index (χ4n) is 0.297. The van der Waals surface area contributed by atoms with Crippen LogP contribution in [0.5, 0.6) is 0 Å². The second-order valence-corrected chi connectivity index (χ2v) is 1.91. The summed E-state index contributed by atoms with van der Waals surface area (Å²) in [5, 5.41) is 0. The van der Waals surface area contributed by atoms with Crippen molar-refractivity contribution in [1.29, 1.82) is 0 Å². The van der Waals surface area contributed by atoms with E-state index < -0.39 is 24.4 Å². The third-order valence-electron chi connectivity index (χ3n) is 0.988. The van der Waals surface area contributed by atoms with Crippen LogP contribution in [-0.4, -0.2) is 18.0 Å². The molecule has 0 unspecified atom stereocenters. The summed E-state index contributed by atoms with van der Waals surface area (Å²) in [7, 11) is 0. The van der Waals surface area contributed by atoms with Crippen molar-refractivity contribution in [3.63, 3.8) is 0 Å². The molecule has 0 saturated carbocycles. The number of hydrogen-bond acceptors (Lipinski definition) is 0. The van der Waals surface area contributed by atoms with E-state index in [1.165, 1.54) is 0 Å². The topological polar surface area (TPSA) is 0 Å². The van der Waals surface area contributed by atoms with Crippen molar-refractivity contribution in [3.05, 3.63) is 6.43 Å². The van der Waals surface area contributed by atoms with E-state index in [2.05, 4.69) is 0 Å². The van der Waals surface area contributed by atoms with Gasteiger partial charge in [0.15, 0.2) is 0 Å². The van der Waals surface area contributed by atoms with E-state index >= 15 is 0 Å². The van der Waals surface area contributed by atoms with Gasteiger partial charge in [0.05, 0.1) is 6.43 Å². The molecule has 0 N–H and O–H groups in total. The Hall–Kier alpha value is 0.370. The van der Waals surface area contributed by atoms with Gasteiger partial charge in [-0.3, -0.25) is 0 Å². The fraction of sp³-hybridized carbons (Fsp3) is 0.750. The first-order chi connectivity index (χ1) is 5.44. The zero-order valence-electron chi connectivity index (χ0n) is 6.40. The van der Waals surface area contributed by atoms with Crippen LogP contribution in [0.4, 0.5) is 39.5 Å². The zero-order valence-corrected chi connectivity index (χ0v) is 8.40. The molecule has 0 amide bonds. The van der Waals surface area contributed by atoms with Crippen LogP contribution in [0.15, 0.2) is 0 Å². The average Bonchev–Trinajstić information content (AvgIpc) is 1.84. The summed E-state index contributed by atoms with van der Waals surface area (Å²) in [4.78, 5) is 0. The van der Waals surface area contributed by atoms with Crippen LogP contribution in [0.1, 0.15) is 0 Å². The van der Waals surface area contributed by atoms with Crippen LogP contribution >= 0.6 is 0 Å². The molecule has 0 nitrogen and oxygen atoms in total. The van der Waals surface area contributed by atoms with Crippen molar-refractivity contribution < 1.29 is 69.1 Å². The van der Waals surface area contributed by atoms with Crippen molar-refractivity contribution in [2.75, 3.05) is 0 Å². The first-order valence-electron chi connectivity index (χ1n) is 2.45. The molecule has 0 aliphatic rings. The number of halogens is 9. The summed E-state index contributed by atoms with van der Waals surface area (Å²) in [6.45, 7) is 0.